The van der Waals surface area contributed by atoms with E-state index in [9.17, 15) is 4.79 Å². The van der Waals surface area contributed by atoms with Gasteiger partial charge in [-0.05, 0) is 38.7 Å². The molecular formula is C18H22N4O2S. The second-order valence-electron chi connectivity index (χ2n) is 6.85. The lowest BCUT2D eigenvalue weighted by Gasteiger charge is -2.40. The molecule has 1 spiro atoms. The monoisotopic (exact) mass is 358 g/mol. The Bertz CT molecular complexity index is 770. The molecule has 1 unspecified atom stereocenters. The number of rotatable bonds is 4. The number of carbonyl (C=O) groups excluding carboxylic acids is 1. The third-order valence-electron chi connectivity index (χ3n) is 4.96. The van der Waals surface area contributed by atoms with Gasteiger partial charge in [-0.15, -0.1) is 5.10 Å². The van der Waals surface area contributed by atoms with Gasteiger partial charge in [0.05, 0.1) is 11.8 Å². The fourth-order valence-corrected chi connectivity index (χ4v) is 4.48. The number of thioether (sulfide) groups is 1. The van der Waals surface area contributed by atoms with Crippen molar-refractivity contribution < 1.29 is 9.53 Å². The number of aromatic amines is 1. The molecule has 1 aromatic heterocycles. The number of hydrogen-bond donors (Lipinski definition) is 2. The molecule has 1 atom stereocenters. The number of H-pyrrole nitrogens is 1. The zero-order valence-electron chi connectivity index (χ0n) is 14.2. The predicted molar refractivity (Wildman–Crippen MR) is 95.6 cm³/mol. The molecule has 2 aliphatic rings. The maximum absolute atomic E-state index is 12.5. The molecule has 1 amide bonds. The molecule has 1 aliphatic carbocycles. The van der Waals surface area contributed by atoms with Gasteiger partial charge in [-0.2, -0.15) is 0 Å². The number of fused-ring (bicyclic) bond motifs is 1. The molecule has 6 nitrogen and oxygen atoms in total. The van der Waals surface area contributed by atoms with Crippen molar-refractivity contribution in [2.75, 3.05) is 5.75 Å². The number of ether oxygens (including phenoxy) is 1. The van der Waals surface area contributed by atoms with Gasteiger partial charge in [0.25, 0.3) is 0 Å². The highest BCUT2D eigenvalue weighted by molar-refractivity contribution is 7.99. The minimum absolute atomic E-state index is 0.00213. The Morgan fingerprint density at radius 1 is 1.40 bits per heavy atom. The second-order valence-corrected chi connectivity index (χ2v) is 7.79. The topological polar surface area (TPSA) is 79.9 Å². The molecule has 1 saturated carbocycles. The third-order valence-corrected chi connectivity index (χ3v) is 5.80. The number of benzene rings is 1. The summed E-state index contributed by atoms with van der Waals surface area (Å²) in [5.41, 5.74) is 0.965. The summed E-state index contributed by atoms with van der Waals surface area (Å²) in [6.45, 7) is 1.84. The van der Waals surface area contributed by atoms with Gasteiger partial charge in [0.15, 0.2) is 0 Å². The lowest BCUT2D eigenvalue weighted by Crippen LogP contribution is -2.43. The largest absolute Gasteiger partial charge is 0.487 e. The summed E-state index contributed by atoms with van der Waals surface area (Å²) >= 11 is 1.35. The van der Waals surface area contributed by atoms with Crippen molar-refractivity contribution in [2.24, 2.45) is 0 Å². The molecule has 0 bridgehead atoms. The molecule has 1 fully saturated rings. The second kappa shape index (κ2) is 6.71. The lowest BCUT2D eigenvalue weighted by molar-refractivity contribution is -0.119. The van der Waals surface area contributed by atoms with Gasteiger partial charge in [0, 0.05) is 12.0 Å². The summed E-state index contributed by atoms with van der Waals surface area (Å²) in [6, 6.07) is 8.06. The summed E-state index contributed by atoms with van der Waals surface area (Å²) in [5.74, 6) is 1.98. The molecule has 2 heterocycles. The number of amides is 1. The van der Waals surface area contributed by atoms with Crippen molar-refractivity contribution in [3.05, 3.63) is 35.7 Å². The van der Waals surface area contributed by atoms with Crippen LogP contribution in [0.15, 0.2) is 29.4 Å². The molecule has 0 saturated heterocycles. The number of aromatic nitrogens is 3. The standard InChI is InChI=1S/C18H22N4O2S/c1-12-19-17(22-21-12)25-11-16(23)20-14-10-18(8-4-5-9-18)24-15-7-3-2-6-13(14)15/h2-3,6-7,14H,4-5,8-11H2,1H3,(H,20,23)(H,19,21,22). The number of hydrogen-bond acceptors (Lipinski definition) is 5. The molecule has 7 heteroatoms. The number of para-hydroxylation sites is 1. The van der Waals surface area contributed by atoms with E-state index in [1.54, 1.807) is 0 Å². The van der Waals surface area contributed by atoms with Crippen molar-refractivity contribution >= 4 is 17.7 Å². The summed E-state index contributed by atoms with van der Waals surface area (Å²) in [5, 5.41) is 10.6. The summed E-state index contributed by atoms with van der Waals surface area (Å²) in [6.07, 6.45) is 5.38. The molecule has 25 heavy (non-hydrogen) atoms. The van der Waals surface area contributed by atoms with E-state index >= 15 is 0 Å². The first-order valence-electron chi connectivity index (χ1n) is 8.73. The zero-order chi connectivity index (χ0) is 17.3. The Balaban J connectivity index is 1.45. The van der Waals surface area contributed by atoms with Crippen LogP contribution in [-0.2, 0) is 4.79 Å². The summed E-state index contributed by atoms with van der Waals surface area (Å²) < 4.78 is 6.34. The van der Waals surface area contributed by atoms with Gasteiger partial charge >= 0.3 is 0 Å². The normalized spacial score (nSPS) is 20.9. The maximum atomic E-state index is 12.5. The van der Waals surface area contributed by atoms with Crippen LogP contribution < -0.4 is 10.1 Å². The zero-order valence-corrected chi connectivity index (χ0v) is 15.1. The average molecular weight is 358 g/mol. The van der Waals surface area contributed by atoms with Crippen LogP contribution in [0.1, 0.15) is 49.5 Å². The third kappa shape index (κ3) is 3.51. The van der Waals surface area contributed by atoms with Crippen LogP contribution in [0.25, 0.3) is 0 Å². The van der Waals surface area contributed by atoms with E-state index < -0.39 is 0 Å². The van der Waals surface area contributed by atoms with Crippen molar-refractivity contribution in [3.8, 4) is 5.75 Å². The summed E-state index contributed by atoms with van der Waals surface area (Å²) in [4.78, 5) is 16.7. The van der Waals surface area contributed by atoms with Crippen LogP contribution >= 0.6 is 11.8 Å². The van der Waals surface area contributed by atoms with E-state index in [2.05, 4.69) is 20.5 Å². The fraction of sp³-hybridized carbons (Fsp3) is 0.500. The van der Waals surface area contributed by atoms with Crippen molar-refractivity contribution in [1.82, 2.24) is 20.5 Å². The van der Waals surface area contributed by atoms with E-state index in [0.29, 0.717) is 10.9 Å². The predicted octanol–water partition coefficient (Wildman–Crippen LogP) is 3.16. The van der Waals surface area contributed by atoms with Gasteiger partial charge in [-0.25, -0.2) is 4.98 Å². The highest BCUT2D eigenvalue weighted by Crippen LogP contribution is 2.46. The maximum Gasteiger partial charge on any atom is 0.230 e. The molecule has 2 aromatic rings. The van der Waals surface area contributed by atoms with Gasteiger partial charge in [0.1, 0.15) is 17.2 Å². The average Bonchev–Trinajstić information content (AvgIpc) is 3.22. The smallest absolute Gasteiger partial charge is 0.230 e. The van der Waals surface area contributed by atoms with Crippen LogP contribution in [0, 0.1) is 6.92 Å². The van der Waals surface area contributed by atoms with Gasteiger partial charge < -0.3 is 10.1 Å². The first-order valence-corrected chi connectivity index (χ1v) is 9.71. The van der Waals surface area contributed by atoms with Crippen LogP contribution in [0.5, 0.6) is 5.75 Å². The highest BCUT2D eigenvalue weighted by Gasteiger charge is 2.43. The van der Waals surface area contributed by atoms with Crippen LogP contribution in [0.2, 0.25) is 0 Å². The van der Waals surface area contributed by atoms with E-state index in [1.165, 1.54) is 24.6 Å². The molecule has 4 rings (SSSR count). The minimum Gasteiger partial charge on any atom is -0.487 e. The molecule has 1 aromatic carbocycles. The highest BCUT2D eigenvalue weighted by atomic mass is 32.2. The minimum atomic E-state index is -0.111. The van der Waals surface area contributed by atoms with Crippen LogP contribution in [0.3, 0.4) is 0 Å². The lowest BCUT2D eigenvalue weighted by atomic mass is 9.86. The molecule has 2 N–H and O–H groups in total. The Morgan fingerprint density at radius 2 is 2.20 bits per heavy atom. The fourth-order valence-electron chi connectivity index (χ4n) is 3.83. The first-order chi connectivity index (χ1) is 12.1. The Morgan fingerprint density at radius 3 is 2.96 bits per heavy atom. The number of nitrogens with zero attached hydrogens (tertiary/aromatic N) is 2. The Kier molecular flexibility index (Phi) is 4.41. The van der Waals surface area contributed by atoms with Crippen molar-refractivity contribution in [2.45, 2.75) is 55.8 Å². The van der Waals surface area contributed by atoms with E-state index in [1.807, 2.05) is 31.2 Å². The van der Waals surface area contributed by atoms with E-state index in [-0.39, 0.29) is 17.6 Å². The Labute approximate surface area is 151 Å². The number of nitrogens with one attached hydrogen (secondary N) is 2. The molecule has 0 radical (unpaired) electrons. The van der Waals surface area contributed by atoms with Gasteiger partial charge in [-0.3, -0.25) is 9.89 Å². The molecular weight excluding hydrogens is 336 g/mol. The van der Waals surface area contributed by atoms with Crippen molar-refractivity contribution in [1.29, 1.82) is 0 Å². The Hall–Kier alpha value is -2.02. The van der Waals surface area contributed by atoms with E-state index in [0.717, 1.165) is 36.4 Å². The van der Waals surface area contributed by atoms with Gasteiger partial charge in [-0.1, -0.05) is 30.0 Å². The van der Waals surface area contributed by atoms with Crippen LogP contribution in [0.4, 0.5) is 0 Å². The first kappa shape index (κ1) is 16.4. The quantitative estimate of drug-likeness (QED) is 0.821. The number of carbonyl (C=O) groups is 1. The van der Waals surface area contributed by atoms with E-state index in [4.69, 9.17) is 4.74 Å². The van der Waals surface area contributed by atoms with Crippen LogP contribution in [-0.4, -0.2) is 32.4 Å². The number of aryl methyl sites for hydroxylation is 1. The van der Waals surface area contributed by atoms with Crippen molar-refractivity contribution in [3.63, 3.8) is 0 Å². The summed E-state index contributed by atoms with van der Waals surface area (Å²) in [7, 11) is 0. The molecule has 132 valence electrons. The molecule has 1 aliphatic heterocycles. The SMILES string of the molecule is Cc1nc(SCC(=O)NC2CC3(CCCC3)Oc3ccccc32)n[nH]1. The van der Waals surface area contributed by atoms with Gasteiger partial charge in [0.2, 0.25) is 11.1 Å².